The van der Waals surface area contributed by atoms with Crippen LogP contribution in [0.5, 0.6) is 0 Å². The summed E-state index contributed by atoms with van der Waals surface area (Å²) in [6, 6.07) is 9.69. The third kappa shape index (κ3) is 8.55. The van der Waals surface area contributed by atoms with Gasteiger partial charge >= 0.3 is 0 Å². The molecule has 1 aromatic carbocycles. The number of nitrogens with zero attached hydrogens (tertiary/aromatic N) is 2. The minimum Gasteiger partial charge on any atom is -0.355 e. The second-order valence-electron chi connectivity index (χ2n) is 6.26. The molecule has 132 valence electrons. The van der Waals surface area contributed by atoms with E-state index in [0.29, 0.717) is 12.1 Å². The van der Waals surface area contributed by atoms with Crippen LogP contribution in [0.25, 0.3) is 0 Å². The Hall–Kier alpha value is -0.820. The molecular formula is C18H33IN4. The number of guanidine groups is 1. The van der Waals surface area contributed by atoms with Crippen LogP contribution in [0, 0.1) is 6.92 Å². The molecule has 0 saturated carbocycles. The largest absolute Gasteiger partial charge is 0.355 e. The average Bonchev–Trinajstić information content (AvgIpc) is 2.47. The topological polar surface area (TPSA) is 39.7 Å². The highest BCUT2D eigenvalue weighted by Crippen LogP contribution is 2.04. The highest BCUT2D eigenvalue weighted by Gasteiger charge is 2.12. The van der Waals surface area contributed by atoms with Crippen LogP contribution in [0.15, 0.2) is 29.3 Å². The monoisotopic (exact) mass is 432 g/mol. The Bertz CT molecular complexity index is 447. The van der Waals surface area contributed by atoms with Crippen molar-refractivity contribution in [2.45, 2.75) is 53.2 Å². The van der Waals surface area contributed by atoms with Crippen LogP contribution in [0.3, 0.4) is 0 Å². The Morgan fingerprint density at radius 3 is 2.09 bits per heavy atom. The lowest BCUT2D eigenvalue weighted by molar-refractivity contribution is 0.178. The molecule has 0 aliphatic rings. The molecule has 1 aromatic rings. The van der Waals surface area contributed by atoms with E-state index < -0.39 is 0 Å². The van der Waals surface area contributed by atoms with Gasteiger partial charge in [0.05, 0.1) is 0 Å². The van der Waals surface area contributed by atoms with Gasteiger partial charge in [0.15, 0.2) is 5.96 Å². The third-order valence-corrected chi connectivity index (χ3v) is 3.79. The lowest BCUT2D eigenvalue weighted by Gasteiger charge is -2.30. The highest BCUT2D eigenvalue weighted by atomic mass is 127. The van der Waals surface area contributed by atoms with Gasteiger partial charge in [-0.1, -0.05) is 29.8 Å². The summed E-state index contributed by atoms with van der Waals surface area (Å²) in [4.78, 5) is 6.76. The minimum atomic E-state index is 0. The van der Waals surface area contributed by atoms with Gasteiger partial charge in [-0.05, 0) is 40.2 Å². The van der Waals surface area contributed by atoms with E-state index >= 15 is 0 Å². The van der Waals surface area contributed by atoms with Crippen molar-refractivity contribution in [3.63, 3.8) is 0 Å². The Kier molecular flexibility index (Phi) is 11.3. The summed E-state index contributed by atoms with van der Waals surface area (Å²) in [6.45, 7) is 13.8. The van der Waals surface area contributed by atoms with Gasteiger partial charge in [-0.2, -0.15) is 0 Å². The summed E-state index contributed by atoms with van der Waals surface area (Å²) in [6.07, 6.45) is 0. The molecule has 0 aliphatic carbocycles. The lowest BCUT2D eigenvalue weighted by atomic mass is 10.1. The first kappa shape index (κ1) is 22.2. The zero-order valence-corrected chi connectivity index (χ0v) is 17.7. The number of hydrogen-bond acceptors (Lipinski definition) is 2. The van der Waals surface area contributed by atoms with E-state index in [2.05, 4.69) is 79.4 Å². The molecule has 0 saturated heterocycles. The van der Waals surface area contributed by atoms with Crippen molar-refractivity contribution in [2.24, 2.45) is 4.99 Å². The second-order valence-corrected chi connectivity index (χ2v) is 6.26. The molecule has 5 heteroatoms. The molecule has 2 N–H and O–H groups in total. The zero-order valence-electron chi connectivity index (χ0n) is 15.4. The third-order valence-electron chi connectivity index (χ3n) is 3.79. The molecule has 0 bridgehead atoms. The van der Waals surface area contributed by atoms with E-state index in [4.69, 9.17) is 0 Å². The fourth-order valence-corrected chi connectivity index (χ4v) is 2.53. The van der Waals surface area contributed by atoms with E-state index in [-0.39, 0.29) is 24.0 Å². The zero-order chi connectivity index (χ0) is 16.5. The molecule has 0 fully saturated rings. The average molecular weight is 432 g/mol. The Labute approximate surface area is 159 Å². The van der Waals surface area contributed by atoms with E-state index in [1.165, 1.54) is 11.1 Å². The second kappa shape index (κ2) is 11.7. The van der Waals surface area contributed by atoms with Crippen LogP contribution in [0.1, 0.15) is 38.8 Å². The molecule has 0 aromatic heterocycles. The summed E-state index contributed by atoms with van der Waals surface area (Å²) in [7, 11) is 1.81. The van der Waals surface area contributed by atoms with E-state index in [9.17, 15) is 0 Å². The number of aryl methyl sites for hydroxylation is 1. The molecule has 0 atom stereocenters. The lowest BCUT2D eigenvalue weighted by Crippen LogP contribution is -2.45. The van der Waals surface area contributed by atoms with Gasteiger partial charge in [-0.25, -0.2) is 0 Å². The summed E-state index contributed by atoms with van der Waals surface area (Å²) in [5.74, 6) is 0.855. The van der Waals surface area contributed by atoms with Crippen molar-refractivity contribution in [3.05, 3.63) is 35.4 Å². The SMILES string of the molecule is CN=C(NCCN(C(C)C)C(C)C)NCc1ccc(C)cc1.I. The van der Waals surface area contributed by atoms with E-state index in [0.717, 1.165) is 25.6 Å². The number of nitrogens with one attached hydrogen (secondary N) is 2. The number of benzene rings is 1. The van der Waals surface area contributed by atoms with E-state index in [1.54, 1.807) is 0 Å². The molecule has 0 radical (unpaired) electrons. The van der Waals surface area contributed by atoms with Crippen molar-refractivity contribution in [2.75, 3.05) is 20.1 Å². The summed E-state index contributed by atoms with van der Waals surface area (Å²) >= 11 is 0. The minimum absolute atomic E-state index is 0. The Morgan fingerprint density at radius 2 is 1.61 bits per heavy atom. The van der Waals surface area contributed by atoms with Crippen molar-refractivity contribution < 1.29 is 0 Å². The van der Waals surface area contributed by atoms with Crippen molar-refractivity contribution in [1.82, 2.24) is 15.5 Å². The fraction of sp³-hybridized carbons (Fsp3) is 0.611. The van der Waals surface area contributed by atoms with Crippen LogP contribution in [0.2, 0.25) is 0 Å². The predicted molar refractivity (Wildman–Crippen MR) is 112 cm³/mol. The van der Waals surface area contributed by atoms with Crippen LogP contribution in [0.4, 0.5) is 0 Å². The first-order valence-electron chi connectivity index (χ1n) is 8.19. The van der Waals surface area contributed by atoms with Gasteiger partial charge in [-0.3, -0.25) is 9.89 Å². The number of hydrogen-bond donors (Lipinski definition) is 2. The van der Waals surface area contributed by atoms with Gasteiger partial charge in [0.2, 0.25) is 0 Å². The summed E-state index contributed by atoms with van der Waals surface area (Å²) in [5.41, 5.74) is 2.55. The van der Waals surface area contributed by atoms with Crippen molar-refractivity contribution in [1.29, 1.82) is 0 Å². The summed E-state index contributed by atoms with van der Waals surface area (Å²) < 4.78 is 0. The maximum absolute atomic E-state index is 4.28. The first-order chi connectivity index (χ1) is 10.4. The molecule has 4 nitrogen and oxygen atoms in total. The summed E-state index contributed by atoms with van der Waals surface area (Å²) in [5, 5.41) is 6.75. The van der Waals surface area contributed by atoms with Crippen LogP contribution in [-0.2, 0) is 6.54 Å². The van der Waals surface area contributed by atoms with E-state index in [1.807, 2.05) is 7.05 Å². The Morgan fingerprint density at radius 1 is 1.04 bits per heavy atom. The first-order valence-corrected chi connectivity index (χ1v) is 8.19. The van der Waals surface area contributed by atoms with Crippen molar-refractivity contribution in [3.8, 4) is 0 Å². The molecule has 0 heterocycles. The maximum Gasteiger partial charge on any atom is 0.191 e. The van der Waals surface area contributed by atoms with Gasteiger partial charge in [0, 0.05) is 38.8 Å². The molecule has 1 rings (SSSR count). The molecule has 0 spiro atoms. The molecular weight excluding hydrogens is 399 g/mol. The molecule has 0 aliphatic heterocycles. The van der Waals surface area contributed by atoms with Gasteiger partial charge in [0.1, 0.15) is 0 Å². The van der Waals surface area contributed by atoms with Gasteiger partial charge in [-0.15, -0.1) is 24.0 Å². The molecule has 0 unspecified atom stereocenters. The van der Waals surface area contributed by atoms with Gasteiger partial charge in [0.25, 0.3) is 0 Å². The van der Waals surface area contributed by atoms with Crippen molar-refractivity contribution >= 4 is 29.9 Å². The normalized spacial score (nSPS) is 11.8. The predicted octanol–water partition coefficient (Wildman–Crippen LogP) is 3.40. The van der Waals surface area contributed by atoms with Crippen LogP contribution < -0.4 is 10.6 Å². The standard InChI is InChI=1S/C18H32N4.HI/c1-14(2)22(15(3)4)12-11-20-18(19-6)21-13-17-9-7-16(5)8-10-17;/h7-10,14-15H,11-13H2,1-6H3,(H2,19,20,21);1H. The van der Waals surface area contributed by atoms with Gasteiger partial charge < -0.3 is 10.6 Å². The molecule has 23 heavy (non-hydrogen) atoms. The maximum atomic E-state index is 4.28. The fourth-order valence-electron chi connectivity index (χ4n) is 2.53. The highest BCUT2D eigenvalue weighted by molar-refractivity contribution is 14.0. The number of halogens is 1. The molecule has 0 amide bonds. The Balaban J connectivity index is 0.00000484. The van der Waals surface area contributed by atoms with Crippen LogP contribution in [-0.4, -0.2) is 43.1 Å². The number of aliphatic imine (C=N–C) groups is 1. The number of rotatable bonds is 7. The quantitative estimate of drug-likeness (QED) is 0.394. The van der Waals surface area contributed by atoms with Crippen LogP contribution >= 0.6 is 24.0 Å². The smallest absolute Gasteiger partial charge is 0.191 e.